The van der Waals surface area contributed by atoms with Crippen LogP contribution in [0.3, 0.4) is 0 Å². The van der Waals surface area contributed by atoms with E-state index in [0.717, 1.165) is 9.35 Å². The quantitative estimate of drug-likeness (QED) is 0.896. The van der Waals surface area contributed by atoms with Crippen LogP contribution in [-0.4, -0.2) is 37.0 Å². The standard InChI is InChI=1S/C10H14BrNO3S2/c1-7-5-9(16-10(7)11)17(14,15)12-4-2-3-8(13)6-12/h5,8,13H,2-4,6H2,1H3. The minimum atomic E-state index is -3.43. The predicted octanol–water partition coefficient (Wildman–Crippen LogP) is 1.96. The van der Waals surface area contributed by atoms with E-state index in [2.05, 4.69) is 15.9 Å². The van der Waals surface area contributed by atoms with Crippen LogP contribution in [0.1, 0.15) is 18.4 Å². The molecule has 1 unspecified atom stereocenters. The number of β-amino-alcohol motifs (C(OH)–C–C–N with tert-alkyl or cyclic N) is 1. The predicted molar refractivity (Wildman–Crippen MR) is 70.8 cm³/mol. The molecule has 1 saturated heterocycles. The average Bonchev–Trinajstić information content (AvgIpc) is 2.60. The highest BCUT2D eigenvalue weighted by molar-refractivity contribution is 9.11. The van der Waals surface area contributed by atoms with Crippen molar-refractivity contribution in [2.75, 3.05) is 13.1 Å². The summed E-state index contributed by atoms with van der Waals surface area (Å²) < 4.78 is 27.2. The second-order valence-electron chi connectivity index (χ2n) is 4.18. The normalized spacial score (nSPS) is 22.9. The molecule has 1 N–H and O–H groups in total. The van der Waals surface area contributed by atoms with Crippen molar-refractivity contribution >= 4 is 37.3 Å². The van der Waals surface area contributed by atoms with E-state index in [4.69, 9.17) is 0 Å². The minimum Gasteiger partial charge on any atom is -0.392 e. The molecule has 0 aliphatic carbocycles. The molecule has 4 nitrogen and oxygen atoms in total. The summed E-state index contributed by atoms with van der Waals surface area (Å²) in [5, 5.41) is 9.54. The maximum Gasteiger partial charge on any atom is 0.252 e. The second kappa shape index (κ2) is 4.97. The van der Waals surface area contributed by atoms with E-state index in [1.807, 2.05) is 6.92 Å². The number of piperidine rings is 1. The largest absolute Gasteiger partial charge is 0.392 e. The lowest BCUT2D eigenvalue weighted by Crippen LogP contribution is -2.41. The van der Waals surface area contributed by atoms with Gasteiger partial charge in [-0.05, 0) is 47.3 Å². The number of nitrogens with zero attached hydrogens (tertiary/aromatic N) is 1. The Bertz CT molecular complexity index is 492. The Labute approximate surface area is 113 Å². The molecule has 1 aliphatic rings. The molecule has 2 rings (SSSR count). The number of thiophene rings is 1. The summed E-state index contributed by atoms with van der Waals surface area (Å²) in [7, 11) is -3.43. The average molecular weight is 340 g/mol. The van der Waals surface area contributed by atoms with Gasteiger partial charge in [0.2, 0.25) is 0 Å². The number of rotatable bonds is 2. The zero-order valence-corrected chi connectivity index (χ0v) is 12.6. The fraction of sp³-hybridized carbons (Fsp3) is 0.600. The van der Waals surface area contributed by atoms with Crippen molar-refractivity contribution in [3.05, 3.63) is 15.4 Å². The SMILES string of the molecule is Cc1cc(S(=O)(=O)N2CCCC(O)C2)sc1Br. The molecule has 0 radical (unpaired) electrons. The van der Waals surface area contributed by atoms with Crippen molar-refractivity contribution in [2.45, 2.75) is 30.1 Å². The zero-order valence-electron chi connectivity index (χ0n) is 9.39. The van der Waals surface area contributed by atoms with Gasteiger partial charge < -0.3 is 5.11 Å². The van der Waals surface area contributed by atoms with Gasteiger partial charge in [0, 0.05) is 13.1 Å². The van der Waals surface area contributed by atoms with Gasteiger partial charge in [-0.2, -0.15) is 4.31 Å². The van der Waals surface area contributed by atoms with E-state index in [0.29, 0.717) is 23.6 Å². The van der Waals surface area contributed by atoms with Gasteiger partial charge in [-0.1, -0.05) is 0 Å². The molecule has 1 fully saturated rings. The maximum absolute atomic E-state index is 12.3. The molecule has 0 saturated carbocycles. The van der Waals surface area contributed by atoms with Crippen LogP contribution in [0.2, 0.25) is 0 Å². The molecule has 1 aromatic rings. The van der Waals surface area contributed by atoms with Crippen molar-refractivity contribution in [3.8, 4) is 0 Å². The molecule has 7 heteroatoms. The monoisotopic (exact) mass is 339 g/mol. The Balaban J connectivity index is 2.29. The topological polar surface area (TPSA) is 57.6 Å². The minimum absolute atomic E-state index is 0.205. The van der Waals surface area contributed by atoms with Crippen molar-refractivity contribution < 1.29 is 13.5 Å². The maximum atomic E-state index is 12.3. The molecular formula is C10H14BrNO3S2. The van der Waals surface area contributed by atoms with Crippen LogP contribution in [0, 0.1) is 6.92 Å². The number of hydrogen-bond donors (Lipinski definition) is 1. The number of halogens is 1. The number of aliphatic hydroxyl groups is 1. The third-order valence-electron chi connectivity index (χ3n) is 2.79. The van der Waals surface area contributed by atoms with Crippen molar-refractivity contribution in [1.82, 2.24) is 4.31 Å². The smallest absolute Gasteiger partial charge is 0.252 e. The molecule has 1 aromatic heterocycles. The summed E-state index contributed by atoms with van der Waals surface area (Å²) in [5.41, 5.74) is 0.922. The Kier molecular flexibility index (Phi) is 3.94. The van der Waals surface area contributed by atoms with Gasteiger partial charge in [0.25, 0.3) is 10.0 Å². The number of aryl methyl sites for hydroxylation is 1. The fourth-order valence-electron chi connectivity index (χ4n) is 1.83. The van der Waals surface area contributed by atoms with Crippen molar-refractivity contribution in [1.29, 1.82) is 0 Å². The number of sulfonamides is 1. The summed E-state index contributed by atoms with van der Waals surface area (Å²) in [5.74, 6) is 0. The second-order valence-corrected chi connectivity index (χ2v) is 8.72. The van der Waals surface area contributed by atoms with Crippen molar-refractivity contribution in [2.24, 2.45) is 0 Å². The Morgan fingerprint density at radius 2 is 2.29 bits per heavy atom. The molecule has 0 aromatic carbocycles. The summed E-state index contributed by atoms with van der Waals surface area (Å²) in [6, 6.07) is 1.67. The van der Waals surface area contributed by atoms with E-state index >= 15 is 0 Å². The van der Waals surface area contributed by atoms with Gasteiger partial charge in [-0.3, -0.25) is 0 Å². The molecule has 96 valence electrons. The highest BCUT2D eigenvalue weighted by Gasteiger charge is 2.30. The van der Waals surface area contributed by atoms with Crippen LogP contribution in [0.15, 0.2) is 14.1 Å². The third kappa shape index (κ3) is 2.73. The van der Waals surface area contributed by atoms with Crippen LogP contribution < -0.4 is 0 Å². The fourth-order valence-corrected chi connectivity index (χ4v) is 5.72. The number of aliphatic hydroxyl groups excluding tert-OH is 1. The lowest BCUT2D eigenvalue weighted by Gasteiger charge is -2.28. The molecule has 0 amide bonds. The van der Waals surface area contributed by atoms with E-state index in [1.165, 1.54) is 15.6 Å². The lowest BCUT2D eigenvalue weighted by molar-refractivity contribution is 0.108. The van der Waals surface area contributed by atoms with Gasteiger partial charge in [0.15, 0.2) is 0 Å². The first kappa shape index (κ1) is 13.5. The van der Waals surface area contributed by atoms with Crippen LogP contribution in [0.4, 0.5) is 0 Å². The first-order valence-corrected chi connectivity index (χ1v) is 8.40. The van der Waals surface area contributed by atoms with E-state index in [9.17, 15) is 13.5 Å². The first-order chi connectivity index (χ1) is 7.91. The molecule has 17 heavy (non-hydrogen) atoms. The van der Waals surface area contributed by atoms with Crippen LogP contribution in [0.25, 0.3) is 0 Å². The Hall–Kier alpha value is 0.0500. The molecule has 0 bridgehead atoms. The van der Waals surface area contributed by atoms with E-state index < -0.39 is 16.1 Å². The third-order valence-corrected chi connectivity index (χ3v) is 7.24. The summed E-state index contributed by atoms with van der Waals surface area (Å²) in [6.45, 7) is 2.56. The van der Waals surface area contributed by atoms with E-state index in [1.54, 1.807) is 6.07 Å². The highest BCUT2D eigenvalue weighted by atomic mass is 79.9. The molecule has 2 heterocycles. The van der Waals surface area contributed by atoms with Gasteiger partial charge in [-0.25, -0.2) is 8.42 Å². The summed E-state index contributed by atoms with van der Waals surface area (Å²) in [4.78, 5) is 0. The van der Waals surface area contributed by atoms with Gasteiger partial charge in [-0.15, -0.1) is 11.3 Å². The van der Waals surface area contributed by atoms with Gasteiger partial charge in [0.1, 0.15) is 4.21 Å². The number of hydrogen-bond acceptors (Lipinski definition) is 4. The van der Waals surface area contributed by atoms with Gasteiger partial charge in [0.05, 0.1) is 9.89 Å². The van der Waals surface area contributed by atoms with Gasteiger partial charge >= 0.3 is 0 Å². The van der Waals surface area contributed by atoms with Crippen molar-refractivity contribution in [3.63, 3.8) is 0 Å². The Morgan fingerprint density at radius 3 is 2.82 bits per heavy atom. The zero-order chi connectivity index (χ0) is 12.6. The lowest BCUT2D eigenvalue weighted by atomic mass is 10.1. The summed E-state index contributed by atoms with van der Waals surface area (Å²) >= 11 is 4.55. The molecule has 1 aliphatic heterocycles. The highest BCUT2D eigenvalue weighted by Crippen LogP contribution is 2.33. The molecule has 0 spiro atoms. The van der Waals surface area contributed by atoms with Crippen LogP contribution in [0.5, 0.6) is 0 Å². The van der Waals surface area contributed by atoms with Crippen LogP contribution >= 0.6 is 27.3 Å². The molecule has 1 atom stereocenters. The summed E-state index contributed by atoms with van der Waals surface area (Å²) in [6.07, 6.45) is 0.855. The Morgan fingerprint density at radius 1 is 1.59 bits per heavy atom. The van der Waals surface area contributed by atoms with Crippen LogP contribution in [-0.2, 0) is 10.0 Å². The van der Waals surface area contributed by atoms with E-state index in [-0.39, 0.29) is 6.54 Å². The first-order valence-electron chi connectivity index (χ1n) is 5.35. The molecular weight excluding hydrogens is 326 g/mol.